The fourth-order valence-electron chi connectivity index (χ4n) is 2.62. The monoisotopic (exact) mass is 318 g/mol. The third-order valence-corrected chi connectivity index (χ3v) is 3.86. The number of hydrogen-bond acceptors (Lipinski definition) is 3. The van der Waals surface area contributed by atoms with Gasteiger partial charge in [0.15, 0.2) is 0 Å². The lowest BCUT2D eigenvalue weighted by Gasteiger charge is -2.17. The first kappa shape index (κ1) is 15.9. The highest BCUT2D eigenvalue weighted by atomic mass is 16.5. The first-order chi connectivity index (χ1) is 11.7. The van der Waals surface area contributed by atoms with E-state index in [1.165, 1.54) is 0 Å². The lowest BCUT2D eigenvalue weighted by Crippen LogP contribution is -2.28. The van der Waals surface area contributed by atoms with Gasteiger partial charge < -0.3 is 0 Å². The molecule has 1 aromatic heterocycles. The van der Waals surface area contributed by atoms with E-state index in [1.54, 1.807) is 12.3 Å². The average molecular weight is 318 g/mol. The molecule has 0 radical (unpaired) electrons. The van der Waals surface area contributed by atoms with Crippen molar-refractivity contribution in [2.75, 3.05) is 0 Å². The van der Waals surface area contributed by atoms with E-state index >= 15 is 0 Å². The molecule has 2 aromatic carbocycles. The number of pyridine rings is 1. The number of carbonyl (C=O) groups is 1. The molecule has 1 amide bonds. The normalized spacial score (nSPS) is 10.4. The highest BCUT2D eigenvalue weighted by Gasteiger charge is 2.20. The Hall–Kier alpha value is -2.98. The van der Waals surface area contributed by atoms with E-state index in [4.69, 9.17) is 0 Å². The minimum atomic E-state index is -0.516. The lowest BCUT2D eigenvalue weighted by molar-refractivity contribution is -0.0651. The Morgan fingerprint density at radius 2 is 1.62 bits per heavy atom. The van der Waals surface area contributed by atoms with Crippen molar-refractivity contribution in [2.24, 2.45) is 0 Å². The summed E-state index contributed by atoms with van der Waals surface area (Å²) in [6, 6.07) is 20.8. The summed E-state index contributed by atoms with van der Waals surface area (Å²) in [6.45, 7) is 2.10. The summed E-state index contributed by atoms with van der Waals surface area (Å²) < 4.78 is 0. The topological polar surface area (TPSA) is 53.4 Å². The van der Waals surface area contributed by atoms with Crippen LogP contribution >= 0.6 is 0 Å². The van der Waals surface area contributed by atoms with Gasteiger partial charge in [-0.3, -0.25) is 15.0 Å². The van der Waals surface area contributed by atoms with Gasteiger partial charge in [0.2, 0.25) is 0 Å². The van der Waals surface area contributed by atoms with Crippen LogP contribution in [0.1, 0.15) is 21.6 Å². The van der Waals surface area contributed by atoms with E-state index in [1.807, 2.05) is 67.6 Å². The van der Waals surface area contributed by atoms with Crippen molar-refractivity contribution < 1.29 is 10.0 Å². The molecule has 4 nitrogen and oxygen atoms in total. The molecule has 0 spiro atoms. The molecule has 0 aliphatic carbocycles. The number of hydrogen-bond donors (Lipinski definition) is 1. The summed E-state index contributed by atoms with van der Waals surface area (Å²) in [6.07, 6.45) is 1.56. The van der Waals surface area contributed by atoms with Gasteiger partial charge >= 0.3 is 0 Å². The first-order valence-corrected chi connectivity index (χ1v) is 7.72. The molecule has 0 aliphatic heterocycles. The Kier molecular flexibility index (Phi) is 4.68. The molecule has 4 heteroatoms. The molecule has 0 unspecified atom stereocenters. The predicted octanol–water partition coefficient (Wildman–Crippen LogP) is 4.09. The average Bonchev–Trinajstić information content (AvgIpc) is 2.62. The number of rotatable bonds is 4. The van der Waals surface area contributed by atoms with Gasteiger partial charge in [-0.05, 0) is 29.7 Å². The zero-order chi connectivity index (χ0) is 16.9. The van der Waals surface area contributed by atoms with Gasteiger partial charge in [-0.15, -0.1) is 0 Å². The number of nitrogens with zero attached hydrogens (tertiary/aromatic N) is 2. The summed E-state index contributed by atoms with van der Waals surface area (Å²) in [5, 5.41) is 10.9. The van der Waals surface area contributed by atoms with Crippen LogP contribution in [0.4, 0.5) is 0 Å². The van der Waals surface area contributed by atoms with Crippen LogP contribution in [-0.2, 0) is 6.54 Å². The van der Waals surface area contributed by atoms with Crippen molar-refractivity contribution in [3.63, 3.8) is 0 Å². The molecule has 0 aliphatic rings. The first-order valence-electron chi connectivity index (χ1n) is 7.72. The van der Waals surface area contributed by atoms with Crippen LogP contribution in [0.3, 0.4) is 0 Å². The van der Waals surface area contributed by atoms with Crippen LogP contribution in [0, 0.1) is 6.92 Å². The van der Waals surface area contributed by atoms with E-state index in [9.17, 15) is 10.0 Å². The number of aryl methyl sites for hydroxylation is 1. The highest BCUT2D eigenvalue weighted by Crippen LogP contribution is 2.26. The fraction of sp³-hybridized carbons (Fsp3) is 0.100. The minimum Gasteiger partial charge on any atom is -0.285 e. The number of hydroxylamine groups is 2. The summed E-state index contributed by atoms with van der Waals surface area (Å²) >= 11 is 0. The molecule has 3 rings (SSSR count). The number of amides is 1. The lowest BCUT2D eigenvalue weighted by atomic mass is 9.99. The van der Waals surface area contributed by atoms with Crippen molar-refractivity contribution in [3.05, 3.63) is 89.7 Å². The Morgan fingerprint density at radius 1 is 0.958 bits per heavy atom. The second-order valence-electron chi connectivity index (χ2n) is 5.56. The van der Waals surface area contributed by atoms with Crippen LogP contribution in [0.2, 0.25) is 0 Å². The van der Waals surface area contributed by atoms with E-state index in [2.05, 4.69) is 4.98 Å². The van der Waals surface area contributed by atoms with Gasteiger partial charge in [-0.2, -0.15) is 0 Å². The number of aromatic nitrogens is 1. The maximum absolute atomic E-state index is 12.7. The van der Waals surface area contributed by atoms with Crippen molar-refractivity contribution in [1.82, 2.24) is 10.0 Å². The zero-order valence-corrected chi connectivity index (χ0v) is 13.4. The van der Waals surface area contributed by atoms with E-state index in [-0.39, 0.29) is 12.2 Å². The molecule has 0 bridgehead atoms. The molecule has 0 saturated carbocycles. The van der Waals surface area contributed by atoms with Crippen molar-refractivity contribution in [2.45, 2.75) is 13.5 Å². The highest BCUT2D eigenvalue weighted by molar-refractivity contribution is 5.98. The Balaban J connectivity index is 1.92. The van der Waals surface area contributed by atoms with Gasteiger partial charge in [-0.1, -0.05) is 60.7 Å². The van der Waals surface area contributed by atoms with Gasteiger partial charge in [0.25, 0.3) is 5.91 Å². The molecular formula is C20H18N2O2. The molecule has 120 valence electrons. The standard InChI is InChI=1S/C20H18N2O2/c1-15-8-5-6-11-17(15)18-12-7-13-21-19(18)20(23)22(24)14-16-9-3-2-4-10-16/h2-13,24H,14H2,1H3. The van der Waals surface area contributed by atoms with Gasteiger partial charge in [0, 0.05) is 11.8 Å². The van der Waals surface area contributed by atoms with Crippen LogP contribution in [-0.4, -0.2) is 21.2 Å². The molecule has 0 atom stereocenters. The van der Waals surface area contributed by atoms with Crippen LogP contribution < -0.4 is 0 Å². The van der Waals surface area contributed by atoms with Gasteiger partial charge in [0.1, 0.15) is 5.69 Å². The largest absolute Gasteiger partial charge is 0.296 e. The van der Waals surface area contributed by atoms with Crippen LogP contribution in [0.25, 0.3) is 11.1 Å². The maximum Gasteiger partial charge on any atom is 0.296 e. The predicted molar refractivity (Wildman–Crippen MR) is 92.5 cm³/mol. The SMILES string of the molecule is Cc1ccccc1-c1cccnc1C(=O)N(O)Cc1ccccc1. The molecule has 0 fully saturated rings. The zero-order valence-electron chi connectivity index (χ0n) is 13.4. The molecule has 1 N–H and O–H groups in total. The smallest absolute Gasteiger partial charge is 0.285 e. The molecule has 3 aromatic rings. The van der Waals surface area contributed by atoms with E-state index in [0.717, 1.165) is 16.7 Å². The Bertz CT molecular complexity index is 847. The van der Waals surface area contributed by atoms with E-state index < -0.39 is 5.91 Å². The van der Waals surface area contributed by atoms with Crippen LogP contribution in [0.5, 0.6) is 0 Å². The minimum absolute atomic E-state index is 0.115. The van der Waals surface area contributed by atoms with Crippen molar-refractivity contribution >= 4 is 5.91 Å². The third kappa shape index (κ3) is 3.34. The van der Waals surface area contributed by atoms with Gasteiger partial charge in [-0.25, -0.2) is 5.06 Å². The number of benzene rings is 2. The summed E-state index contributed by atoms with van der Waals surface area (Å²) in [4.78, 5) is 16.9. The van der Waals surface area contributed by atoms with Crippen molar-refractivity contribution in [1.29, 1.82) is 0 Å². The second kappa shape index (κ2) is 7.06. The summed E-state index contributed by atoms with van der Waals surface area (Å²) in [5.74, 6) is -0.516. The molecular weight excluding hydrogens is 300 g/mol. The Morgan fingerprint density at radius 3 is 2.38 bits per heavy atom. The maximum atomic E-state index is 12.7. The van der Waals surface area contributed by atoms with Gasteiger partial charge in [0.05, 0.1) is 6.54 Å². The summed E-state index contributed by atoms with van der Waals surface area (Å²) in [7, 11) is 0. The molecule has 0 saturated heterocycles. The second-order valence-corrected chi connectivity index (χ2v) is 5.56. The fourth-order valence-corrected chi connectivity index (χ4v) is 2.62. The summed E-state index contributed by atoms with van der Waals surface area (Å²) in [5.41, 5.74) is 3.79. The molecule has 24 heavy (non-hydrogen) atoms. The van der Waals surface area contributed by atoms with E-state index in [0.29, 0.717) is 10.6 Å². The quantitative estimate of drug-likeness (QED) is 0.582. The van der Waals surface area contributed by atoms with Crippen molar-refractivity contribution in [3.8, 4) is 11.1 Å². The Labute approximate surface area is 141 Å². The molecule has 1 heterocycles. The number of carbonyl (C=O) groups excluding carboxylic acids is 1. The third-order valence-electron chi connectivity index (χ3n) is 3.86. The van der Waals surface area contributed by atoms with Crippen LogP contribution in [0.15, 0.2) is 72.9 Å².